The number of rotatable bonds is 3. The Bertz CT molecular complexity index is 681. The summed E-state index contributed by atoms with van der Waals surface area (Å²) in [4.78, 5) is 14.6. The number of amides is 1. The van der Waals surface area contributed by atoms with E-state index in [0.29, 0.717) is 39.1 Å². The number of carbonyl (C=O) groups is 1. The van der Waals surface area contributed by atoms with Crippen LogP contribution in [0.4, 0.5) is 5.69 Å². The fourth-order valence-corrected chi connectivity index (χ4v) is 4.31. The number of sulfonamides is 1. The molecule has 23 heavy (non-hydrogen) atoms. The predicted molar refractivity (Wildman–Crippen MR) is 88.0 cm³/mol. The van der Waals surface area contributed by atoms with Crippen molar-refractivity contribution in [2.45, 2.75) is 19.8 Å². The van der Waals surface area contributed by atoms with Crippen molar-refractivity contribution in [1.82, 2.24) is 4.31 Å². The van der Waals surface area contributed by atoms with Gasteiger partial charge in [-0.1, -0.05) is 12.1 Å². The van der Waals surface area contributed by atoms with Crippen LogP contribution in [0.1, 0.15) is 19.8 Å². The van der Waals surface area contributed by atoms with Crippen molar-refractivity contribution in [3.63, 3.8) is 0 Å². The summed E-state index contributed by atoms with van der Waals surface area (Å²) in [5.74, 6) is 0.805. The van der Waals surface area contributed by atoms with Crippen LogP contribution in [-0.4, -0.2) is 50.6 Å². The number of hydrogen-bond acceptors (Lipinski definition) is 4. The Balaban J connectivity index is 1.69. The molecule has 1 aromatic carbocycles. The van der Waals surface area contributed by atoms with Gasteiger partial charge in [-0.15, -0.1) is 0 Å². The van der Waals surface area contributed by atoms with E-state index in [-0.39, 0.29) is 17.6 Å². The van der Waals surface area contributed by atoms with Crippen LogP contribution in [0.5, 0.6) is 5.75 Å². The van der Waals surface area contributed by atoms with Crippen LogP contribution in [0, 0.1) is 5.92 Å². The first-order valence-electron chi connectivity index (χ1n) is 8.04. The molecule has 1 aromatic rings. The maximum absolute atomic E-state index is 12.8. The summed E-state index contributed by atoms with van der Waals surface area (Å²) < 4.78 is 30.9. The molecule has 1 amide bonds. The summed E-state index contributed by atoms with van der Waals surface area (Å²) in [6, 6.07) is 7.54. The van der Waals surface area contributed by atoms with Gasteiger partial charge in [-0.3, -0.25) is 4.79 Å². The fraction of sp³-hybridized carbons (Fsp3) is 0.562. The van der Waals surface area contributed by atoms with E-state index in [4.69, 9.17) is 4.74 Å². The lowest BCUT2D eigenvalue weighted by Gasteiger charge is -2.35. The molecule has 0 aliphatic carbocycles. The molecule has 0 radical (unpaired) electrons. The molecule has 1 fully saturated rings. The van der Waals surface area contributed by atoms with Crippen molar-refractivity contribution in [3.8, 4) is 5.75 Å². The summed E-state index contributed by atoms with van der Waals surface area (Å²) in [5.41, 5.74) is 0.812. The Hall–Kier alpha value is -1.60. The molecule has 1 saturated heterocycles. The van der Waals surface area contributed by atoms with E-state index in [9.17, 15) is 13.2 Å². The number of fused-ring (bicyclic) bond motifs is 1. The highest BCUT2D eigenvalue weighted by atomic mass is 32.2. The highest BCUT2D eigenvalue weighted by Gasteiger charge is 2.34. The quantitative estimate of drug-likeness (QED) is 0.837. The molecule has 0 aromatic heterocycles. The van der Waals surface area contributed by atoms with Gasteiger partial charge in [0.15, 0.2) is 0 Å². The molecule has 0 N–H and O–H groups in total. The van der Waals surface area contributed by atoms with E-state index in [2.05, 4.69) is 0 Å². The van der Waals surface area contributed by atoms with Crippen LogP contribution < -0.4 is 9.64 Å². The van der Waals surface area contributed by atoms with Gasteiger partial charge in [-0.25, -0.2) is 12.7 Å². The van der Waals surface area contributed by atoms with E-state index >= 15 is 0 Å². The Labute approximate surface area is 137 Å². The first kappa shape index (κ1) is 16.3. The molecule has 0 atom stereocenters. The van der Waals surface area contributed by atoms with Crippen LogP contribution in [-0.2, 0) is 14.8 Å². The molecule has 126 valence electrons. The summed E-state index contributed by atoms with van der Waals surface area (Å²) in [7, 11) is -3.16. The first-order chi connectivity index (χ1) is 11.0. The average molecular weight is 338 g/mol. The number of hydrogen-bond donors (Lipinski definition) is 0. The summed E-state index contributed by atoms with van der Waals surface area (Å²) in [6.07, 6.45) is 1.16. The highest BCUT2D eigenvalue weighted by Crippen LogP contribution is 2.33. The van der Waals surface area contributed by atoms with E-state index in [1.807, 2.05) is 24.3 Å². The zero-order valence-corrected chi connectivity index (χ0v) is 14.1. The largest absolute Gasteiger partial charge is 0.490 e. The minimum atomic E-state index is -3.16. The molecule has 3 rings (SSSR count). The van der Waals surface area contributed by atoms with Gasteiger partial charge in [0.05, 0.1) is 18.0 Å². The van der Waals surface area contributed by atoms with Crippen molar-refractivity contribution in [2.24, 2.45) is 5.92 Å². The monoisotopic (exact) mass is 338 g/mol. The number of benzene rings is 1. The van der Waals surface area contributed by atoms with Gasteiger partial charge in [0.1, 0.15) is 12.4 Å². The molecule has 0 saturated carbocycles. The van der Waals surface area contributed by atoms with Crippen LogP contribution >= 0.6 is 0 Å². The zero-order valence-electron chi connectivity index (χ0n) is 13.3. The van der Waals surface area contributed by atoms with E-state index < -0.39 is 10.0 Å². The van der Waals surface area contributed by atoms with Crippen molar-refractivity contribution < 1.29 is 17.9 Å². The van der Waals surface area contributed by atoms with Gasteiger partial charge in [0.25, 0.3) is 0 Å². The topological polar surface area (TPSA) is 66.9 Å². The average Bonchev–Trinajstić information content (AvgIpc) is 2.60. The predicted octanol–water partition coefficient (Wildman–Crippen LogP) is 1.47. The summed E-state index contributed by atoms with van der Waals surface area (Å²) in [5, 5.41) is 0. The second-order valence-corrected chi connectivity index (χ2v) is 8.14. The smallest absolute Gasteiger partial charge is 0.230 e. The maximum atomic E-state index is 12.8. The minimum absolute atomic E-state index is 0.0781. The van der Waals surface area contributed by atoms with Crippen LogP contribution in [0.25, 0.3) is 0 Å². The number of piperidine rings is 1. The van der Waals surface area contributed by atoms with Crippen LogP contribution in [0.2, 0.25) is 0 Å². The number of anilines is 1. The minimum Gasteiger partial charge on any atom is -0.490 e. The molecule has 2 aliphatic rings. The van der Waals surface area contributed by atoms with E-state index in [1.54, 1.807) is 11.8 Å². The first-order valence-corrected chi connectivity index (χ1v) is 9.65. The van der Waals surface area contributed by atoms with Crippen LogP contribution in [0.3, 0.4) is 0 Å². The molecule has 2 aliphatic heterocycles. The lowest BCUT2D eigenvalue weighted by Crippen LogP contribution is -2.46. The second kappa shape index (κ2) is 6.49. The number of carbonyl (C=O) groups excluding carboxylic acids is 1. The van der Waals surface area contributed by atoms with Crippen LogP contribution in [0.15, 0.2) is 24.3 Å². The molecule has 6 nitrogen and oxygen atoms in total. The third-order valence-electron chi connectivity index (χ3n) is 4.56. The zero-order chi connectivity index (χ0) is 16.4. The maximum Gasteiger partial charge on any atom is 0.230 e. The number of para-hydroxylation sites is 2. The van der Waals surface area contributed by atoms with Crippen molar-refractivity contribution in [2.75, 3.05) is 36.9 Å². The third kappa shape index (κ3) is 3.21. The molecule has 0 bridgehead atoms. The lowest BCUT2D eigenvalue weighted by molar-refractivity contribution is -0.123. The van der Waals surface area contributed by atoms with Gasteiger partial charge in [0.2, 0.25) is 15.9 Å². The van der Waals surface area contributed by atoms with Crippen molar-refractivity contribution in [1.29, 1.82) is 0 Å². The van der Waals surface area contributed by atoms with E-state index in [0.717, 1.165) is 11.4 Å². The van der Waals surface area contributed by atoms with Gasteiger partial charge in [-0.05, 0) is 31.9 Å². The van der Waals surface area contributed by atoms with Gasteiger partial charge >= 0.3 is 0 Å². The van der Waals surface area contributed by atoms with Crippen molar-refractivity contribution >= 4 is 21.6 Å². The number of nitrogens with zero attached hydrogens (tertiary/aromatic N) is 2. The molecule has 0 spiro atoms. The Morgan fingerprint density at radius 2 is 1.91 bits per heavy atom. The molecular formula is C16H22N2O4S. The SMILES string of the molecule is CCS(=O)(=O)N1CCC(C(=O)N2CCOc3ccccc32)CC1. The normalized spacial score (nSPS) is 20.0. The Morgan fingerprint density at radius 1 is 1.22 bits per heavy atom. The standard InChI is InChI=1S/C16H22N2O4S/c1-2-23(20,21)17-9-7-13(8-10-17)16(19)18-11-12-22-15-6-4-3-5-14(15)18/h3-6,13H,2,7-12H2,1H3. The van der Waals surface area contributed by atoms with E-state index in [1.165, 1.54) is 4.31 Å². The van der Waals surface area contributed by atoms with Gasteiger partial charge in [0, 0.05) is 19.0 Å². The Morgan fingerprint density at radius 3 is 2.61 bits per heavy atom. The number of ether oxygens (including phenoxy) is 1. The third-order valence-corrected chi connectivity index (χ3v) is 6.44. The lowest BCUT2D eigenvalue weighted by atomic mass is 9.96. The van der Waals surface area contributed by atoms with Gasteiger partial charge < -0.3 is 9.64 Å². The molecule has 2 heterocycles. The summed E-state index contributed by atoms with van der Waals surface area (Å²) >= 11 is 0. The van der Waals surface area contributed by atoms with Crippen molar-refractivity contribution in [3.05, 3.63) is 24.3 Å². The molecule has 0 unspecified atom stereocenters. The molecular weight excluding hydrogens is 316 g/mol. The molecule has 7 heteroatoms. The Kier molecular flexibility index (Phi) is 4.59. The summed E-state index contributed by atoms with van der Waals surface area (Å²) in [6.45, 7) is 3.55. The highest BCUT2D eigenvalue weighted by molar-refractivity contribution is 7.89. The van der Waals surface area contributed by atoms with Gasteiger partial charge in [-0.2, -0.15) is 0 Å². The second-order valence-electron chi connectivity index (χ2n) is 5.88. The fourth-order valence-electron chi connectivity index (χ4n) is 3.18.